The maximum Gasteiger partial charge on any atom is 0.419 e. The lowest BCUT2D eigenvalue weighted by molar-refractivity contribution is -0.137. The molecular formula is C8H6F4N2O. The summed E-state index contributed by atoms with van der Waals surface area (Å²) in [7, 11) is 0. The van der Waals surface area contributed by atoms with Gasteiger partial charge in [0.25, 0.3) is 0 Å². The van der Waals surface area contributed by atoms with E-state index in [-0.39, 0.29) is 0 Å². The zero-order valence-corrected chi connectivity index (χ0v) is 7.23. The lowest BCUT2D eigenvalue weighted by Crippen LogP contribution is -2.21. The Bertz CT molecular complexity index is 414. The molecule has 1 amide bonds. The van der Waals surface area contributed by atoms with E-state index in [1.807, 2.05) is 0 Å². The normalized spacial score (nSPS) is 11.5. The molecule has 0 aromatic heterocycles. The highest BCUT2D eigenvalue weighted by Crippen LogP contribution is 2.37. The van der Waals surface area contributed by atoms with Crippen molar-refractivity contribution in [3.63, 3.8) is 0 Å². The first kappa shape index (κ1) is 11.3. The first-order chi connectivity index (χ1) is 6.75. The molecule has 1 rings (SSSR count). The number of nitrogen functional groups attached to an aromatic ring is 1. The highest BCUT2D eigenvalue weighted by Gasteiger charge is 2.38. The van der Waals surface area contributed by atoms with Crippen molar-refractivity contribution in [3.8, 4) is 0 Å². The average Bonchev–Trinajstić information content (AvgIpc) is 2.06. The number of anilines is 1. The van der Waals surface area contributed by atoms with Crippen molar-refractivity contribution in [1.82, 2.24) is 0 Å². The van der Waals surface area contributed by atoms with Gasteiger partial charge < -0.3 is 11.5 Å². The number of amides is 1. The quantitative estimate of drug-likeness (QED) is 0.558. The van der Waals surface area contributed by atoms with E-state index < -0.39 is 34.7 Å². The molecule has 0 unspecified atom stereocenters. The molecule has 0 fully saturated rings. The van der Waals surface area contributed by atoms with Gasteiger partial charge in [-0.3, -0.25) is 4.79 Å². The molecular weight excluding hydrogens is 216 g/mol. The number of hydrogen-bond donors (Lipinski definition) is 2. The fourth-order valence-electron chi connectivity index (χ4n) is 1.10. The standard InChI is InChI=1S/C8H6F4N2O/c9-4-2-1-3(7(14)15)5(6(4)13)8(10,11)12/h1-2H,13H2,(H2,14,15). The number of primary amides is 1. The van der Waals surface area contributed by atoms with Gasteiger partial charge in [0.2, 0.25) is 5.91 Å². The van der Waals surface area contributed by atoms with E-state index in [2.05, 4.69) is 0 Å². The summed E-state index contributed by atoms with van der Waals surface area (Å²) in [6.45, 7) is 0. The van der Waals surface area contributed by atoms with E-state index in [0.717, 1.165) is 0 Å². The van der Waals surface area contributed by atoms with Crippen LogP contribution >= 0.6 is 0 Å². The Morgan fingerprint density at radius 2 is 1.80 bits per heavy atom. The van der Waals surface area contributed by atoms with Crippen molar-refractivity contribution < 1.29 is 22.4 Å². The molecule has 0 aliphatic rings. The van der Waals surface area contributed by atoms with Gasteiger partial charge in [-0.25, -0.2) is 4.39 Å². The molecule has 82 valence electrons. The molecule has 15 heavy (non-hydrogen) atoms. The Balaban J connectivity index is 3.57. The Morgan fingerprint density at radius 3 is 2.20 bits per heavy atom. The molecule has 0 saturated heterocycles. The largest absolute Gasteiger partial charge is 0.419 e. The predicted octanol–water partition coefficient (Wildman–Crippen LogP) is 1.53. The van der Waals surface area contributed by atoms with Crippen LogP contribution in [0.25, 0.3) is 0 Å². The van der Waals surface area contributed by atoms with Gasteiger partial charge >= 0.3 is 6.18 Å². The van der Waals surface area contributed by atoms with E-state index in [1.165, 1.54) is 0 Å². The van der Waals surface area contributed by atoms with Crippen LogP contribution in [0.5, 0.6) is 0 Å². The minimum absolute atomic E-state index is 0.650. The van der Waals surface area contributed by atoms with Crippen molar-refractivity contribution in [2.45, 2.75) is 6.18 Å². The third kappa shape index (κ3) is 2.00. The second-order valence-corrected chi connectivity index (χ2v) is 2.75. The summed E-state index contributed by atoms with van der Waals surface area (Å²) in [5.41, 5.74) is 6.11. The van der Waals surface area contributed by atoms with Crippen molar-refractivity contribution in [1.29, 1.82) is 0 Å². The van der Waals surface area contributed by atoms with Crippen molar-refractivity contribution in [2.75, 3.05) is 5.73 Å². The number of halogens is 4. The molecule has 0 saturated carbocycles. The number of carbonyl (C=O) groups is 1. The smallest absolute Gasteiger partial charge is 0.396 e. The van der Waals surface area contributed by atoms with Gasteiger partial charge in [-0.05, 0) is 12.1 Å². The van der Waals surface area contributed by atoms with Crippen LogP contribution < -0.4 is 11.5 Å². The number of benzene rings is 1. The summed E-state index contributed by atoms with van der Waals surface area (Å²) in [5.74, 6) is -2.55. The van der Waals surface area contributed by atoms with E-state index >= 15 is 0 Å². The number of nitrogens with two attached hydrogens (primary N) is 2. The number of hydrogen-bond acceptors (Lipinski definition) is 2. The summed E-state index contributed by atoms with van der Waals surface area (Å²) in [6.07, 6.45) is -4.92. The van der Waals surface area contributed by atoms with Crippen LogP contribution in [0.4, 0.5) is 23.2 Å². The van der Waals surface area contributed by atoms with E-state index in [1.54, 1.807) is 0 Å². The van der Waals surface area contributed by atoms with Crippen LogP contribution in [-0.4, -0.2) is 5.91 Å². The fraction of sp³-hybridized carbons (Fsp3) is 0.125. The number of rotatable bonds is 1. The highest BCUT2D eigenvalue weighted by molar-refractivity contribution is 5.96. The van der Waals surface area contributed by atoms with Crippen molar-refractivity contribution in [2.24, 2.45) is 5.73 Å². The van der Waals surface area contributed by atoms with Crippen LogP contribution in [0.15, 0.2) is 12.1 Å². The second-order valence-electron chi connectivity index (χ2n) is 2.75. The molecule has 0 atom stereocenters. The van der Waals surface area contributed by atoms with Crippen LogP contribution in [0.1, 0.15) is 15.9 Å². The first-order valence-electron chi connectivity index (χ1n) is 3.70. The molecule has 1 aromatic carbocycles. The number of carbonyl (C=O) groups excluding carboxylic acids is 1. The Morgan fingerprint density at radius 1 is 1.27 bits per heavy atom. The lowest BCUT2D eigenvalue weighted by Gasteiger charge is -2.13. The van der Waals surface area contributed by atoms with E-state index in [4.69, 9.17) is 11.5 Å². The lowest BCUT2D eigenvalue weighted by atomic mass is 10.0. The summed E-state index contributed by atoms with van der Waals surface area (Å²) < 4.78 is 50.0. The molecule has 3 nitrogen and oxygen atoms in total. The first-order valence-corrected chi connectivity index (χ1v) is 3.70. The minimum atomic E-state index is -4.92. The summed E-state index contributed by atoms with van der Waals surface area (Å²) in [6, 6.07) is 1.31. The number of alkyl halides is 3. The van der Waals surface area contributed by atoms with Gasteiger partial charge in [0.15, 0.2) is 0 Å². The van der Waals surface area contributed by atoms with Crippen LogP contribution in [0.3, 0.4) is 0 Å². The monoisotopic (exact) mass is 222 g/mol. The third-order valence-corrected chi connectivity index (χ3v) is 1.74. The maximum atomic E-state index is 12.8. The Kier molecular flexibility index (Phi) is 2.57. The van der Waals surface area contributed by atoms with Gasteiger partial charge in [0.1, 0.15) is 5.82 Å². The third-order valence-electron chi connectivity index (χ3n) is 1.74. The maximum absolute atomic E-state index is 12.8. The molecule has 4 N–H and O–H groups in total. The topological polar surface area (TPSA) is 69.1 Å². The summed E-state index contributed by atoms with van der Waals surface area (Å²) in [4.78, 5) is 10.7. The summed E-state index contributed by atoms with van der Waals surface area (Å²) >= 11 is 0. The average molecular weight is 222 g/mol. The van der Waals surface area contributed by atoms with Crippen LogP contribution in [0.2, 0.25) is 0 Å². The van der Waals surface area contributed by atoms with Crippen molar-refractivity contribution in [3.05, 3.63) is 29.1 Å². The van der Waals surface area contributed by atoms with Crippen molar-refractivity contribution >= 4 is 11.6 Å². The molecule has 1 aromatic rings. The minimum Gasteiger partial charge on any atom is -0.396 e. The zero-order valence-electron chi connectivity index (χ0n) is 7.23. The molecule has 0 bridgehead atoms. The molecule has 0 heterocycles. The van der Waals surface area contributed by atoms with Crippen LogP contribution in [0, 0.1) is 5.82 Å². The van der Waals surface area contributed by atoms with E-state index in [9.17, 15) is 22.4 Å². The Labute approximate surface area is 81.7 Å². The SMILES string of the molecule is NC(=O)c1ccc(F)c(N)c1C(F)(F)F. The second kappa shape index (κ2) is 3.41. The highest BCUT2D eigenvalue weighted by atomic mass is 19.4. The van der Waals surface area contributed by atoms with Gasteiger partial charge in [-0.1, -0.05) is 0 Å². The van der Waals surface area contributed by atoms with Crippen LogP contribution in [-0.2, 0) is 6.18 Å². The zero-order chi connectivity index (χ0) is 11.8. The molecule has 0 radical (unpaired) electrons. The molecule has 0 spiro atoms. The summed E-state index contributed by atoms with van der Waals surface area (Å²) in [5, 5.41) is 0. The van der Waals surface area contributed by atoms with Gasteiger partial charge in [0, 0.05) is 0 Å². The molecule has 7 heteroatoms. The van der Waals surface area contributed by atoms with Gasteiger partial charge in [-0.2, -0.15) is 13.2 Å². The molecule has 0 aliphatic carbocycles. The Hall–Kier alpha value is -1.79. The van der Waals surface area contributed by atoms with E-state index in [0.29, 0.717) is 12.1 Å². The van der Waals surface area contributed by atoms with Gasteiger partial charge in [0.05, 0.1) is 16.8 Å². The fourth-order valence-corrected chi connectivity index (χ4v) is 1.10. The predicted molar refractivity (Wildman–Crippen MR) is 44.3 cm³/mol. The molecule has 0 aliphatic heterocycles. The van der Waals surface area contributed by atoms with Gasteiger partial charge in [-0.15, -0.1) is 0 Å².